The average molecular weight is 341 g/mol. The molecular weight excluding hydrogens is 314 g/mol. The van der Waals surface area contributed by atoms with Crippen LogP contribution in [0.15, 0.2) is 36.9 Å². The van der Waals surface area contributed by atoms with E-state index in [0.29, 0.717) is 24.7 Å². The highest BCUT2D eigenvalue weighted by molar-refractivity contribution is 5.94. The number of carbonyl (C=O) groups excluding carboxylic acids is 1. The van der Waals surface area contributed by atoms with Gasteiger partial charge < -0.3 is 5.32 Å². The Morgan fingerprint density at radius 2 is 2.00 bits per heavy atom. The number of hydrogen-bond acceptors (Lipinski definition) is 4. The van der Waals surface area contributed by atoms with Crippen LogP contribution in [0.3, 0.4) is 0 Å². The topological polar surface area (TPSA) is 63.1 Å². The molecule has 0 spiro atoms. The predicted molar refractivity (Wildman–Crippen MR) is 97.3 cm³/mol. The molecule has 1 atom stereocenters. The van der Waals surface area contributed by atoms with Crippen LogP contribution in [0.1, 0.15) is 42.6 Å². The molecule has 0 aliphatic carbocycles. The normalized spacial score (nSPS) is 17.4. The van der Waals surface area contributed by atoms with Crippen LogP contribution in [0.4, 0.5) is 0 Å². The maximum absolute atomic E-state index is 12.4. The van der Waals surface area contributed by atoms with Gasteiger partial charge in [0.15, 0.2) is 0 Å². The van der Waals surface area contributed by atoms with Crippen molar-refractivity contribution in [3.63, 3.8) is 0 Å². The molecule has 6 nitrogen and oxygen atoms in total. The number of amides is 1. The second-order valence-corrected chi connectivity index (χ2v) is 7.07. The molecule has 3 rings (SSSR count). The van der Waals surface area contributed by atoms with Crippen LogP contribution in [0.5, 0.6) is 0 Å². The van der Waals surface area contributed by atoms with Gasteiger partial charge in [0.2, 0.25) is 0 Å². The molecule has 1 N–H and O–H groups in total. The van der Waals surface area contributed by atoms with Gasteiger partial charge in [0.05, 0.1) is 6.54 Å². The van der Waals surface area contributed by atoms with Gasteiger partial charge >= 0.3 is 0 Å². The molecule has 0 bridgehead atoms. The van der Waals surface area contributed by atoms with Crippen molar-refractivity contribution in [1.29, 1.82) is 0 Å². The van der Waals surface area contributed by atoms with E-state index >= 15 is 0 Å². The Hall–Kier alpha value is -2.21. The molecule has 0 radical (unpaired) electrons. The lowest BCUT2D eigenvalue weighted by Gasteiger charge is -2.35. The first-order valence-electron chi connectivity index (χ1n) is 9.05. The fourth-order valence-corrected chi connectivity index (χ4v) is 3.20. The van der Waals surface area contributed by atoms with Crippen molar-refractivity contribution >= 4 is 5.91 Å². The molecule has 1 aliphatic heterocycles. The summed E-state index contributed by atoms with van der Waals surface area (Å²) in [6.45, 7) is 8.12. The average Bonchev–Trinajstić information content (AvgIpc) is 3.13. The zero-order valence-electron chi connectivity index (χ0n) is 15.1. The zero-order chi connectivity index (χ0) is 17.6. The lowest BCUT2D eigenvalue weighted by Crippen LogP contribution is -2.45. The molecule has 1 aromatic heterocycles. The van der Waals surface area contributed by atoms with E-state index < -0.39 is 0 Å². The minimum absolute atomic E-state index is 0.00969. The molecule has 0 unspecified atom stereocenters. The summed E-state index contributed by atoms with van der Waals surface area (Å²) in [5.74, 6) is 0.818. The number of likely N-dealkylation sites (tertiary alicyclic amines) is 1. The second kappa shape index (κ2) is 8.25. The number of nitrogens with one attached hydrogen (secondary N) is 1. The highest BCUT2D eigenvalue weighted by Crippen LogP contribution is 2.17. The third-order valence-corrected chi connectivity index (χ3v) is 5.03. The molecule has 1 amide bonds. The molecule has 25 heavy (non-hydrogen) atoms. The molecule has 1 aliphatic rings. The van der Waals surface area contributed by atoms with Gasteiger partial charge in [-0.3, -0.25) is 9.69 Å². The monoisotopic (exact) mass is 341 g/mol. The van der Waals surface area contributed by atoms with Crippen LogP contribution in [0, 0.1) is 5.92 Å². The molecule has 0 saturated carbocycles. The first-order chi connectivity index (χ1) is 12.1. The summed E-state index contributed by atoms with van der Waals surface area (Å²) < 4.78 is 1.76. The van der Waals surface area contributed by atoms with Crippen LogP contribution >= 0.6 is 0 Å². The van der Waals surface area contributed by atoms with Crippen molar-refractivity contribution in [2.75, 3.05) is 19.6 Å². The van der Waals surface area contributed by atoms with Gasteiger partial charge in [0.1, 0.15) is 12.7 Å². The van der Waals surface area contributed by atoms with Crippen LogP contribution < -0.4 is 5.32 Å². The number of piperidine rings is 1. The standard InChI is InChI=1S/C19H27N5O/c1-15-7-9-23(10-8-15)16(2)11-21-19(25)18-5-3-17(4-6-18)12-24-14-20-13-22-24/h3-6,13-16H,7-12H2,1-2H3,(H,21,25)/t16-/m1/s1. The molecule has 6 heteroatoms. The maximum Gasteiger partial charge on any atom is 0.251 e. The van der Waals surface area contributed by atoms with Crippen LogP contribution in [0.2, 0.25) is 0 Å². The number of nitrogens with zero attached hydrogens (tertiary/aromatic N) is 4. The first kappa shape index (κ1) is 17.6. The van der Waals surface area contributed by atoms with Crippen LogP contribution in [0.25, 0.3) is 0 Å². The van der Waals surface area contributed by atoms with E-state index in [-0.39, 0.29) is 5.91 Å². The van der Waals surface area contributed by atoms with Crippen molar-refractivity contribution in [3.05, 3.63) is 48.0 Å². The summed E-state index contributed by atoms with van der Waals surface area (Å²) in [5.41, 5.74) is 1.79. The molecule has 2 aromatic rings. The molecule has 134 valence electrons. The van der Waals surface area contributed by atoms with Crippen molar-refractivity contribution in [2.24, 2.45) is 5.92 Å². The number of benzene rings is 1. The largest absolute Gasteiger partial charge is 0.350 e. The fraction of sp³-hybridized carbons (Fsp3) is 0.526. The van der Waals surface area contributed by atoms with E-state index in [0.717, 1.165) is 24.6 Å². The molecule has 1 saturated heterocycles. The quantitative estimate of drug-likeness (QED) is 0.875. The van der Waals surface area contributed by atoms with E-state index in [1.54, 1.807) is 11.0 Å². The SMILES string of the molecule is CC1CCN([C@H](C)CNC(=O)c2ccc(Cn3cncn3)cc2)CC1. The van der Waals surface area contributed by atoms with Gasteiger partial charge in [-0.15, -0.1) is 0 Å². The van der Waals surface area contributed by atoms with Gasteiger partial charge in [0.25, 0.3) is 5.91 Å². The summed E-state index contributed by atoms with van der Waals surface area (Å²) in [6.07, 6.45) is 5.71. The Morgan fingerprint density at radius 1 is 1.28 bits per heavy atom. The lowest BCUT2D eigenvalue weighted by molar-refractivity contribution is 0.0921. The molecule has 2 heterocycles. The molecule has 1 fully saturated rings. The van der Waals surface area contributed by atoms with Crippen LogP contribution in [-0.2, 0) is 6.54 Å². The van der Waals surface area contributed by atoms with Crippen LogP contribution in [-0.4, -0.2) is 51.2 Å². The molecular formula is C19H27N5O. The summed E-state index contributed by atoms with van der Waals surface area (Å²) in [4.78, 5) is 18.8. The minimum Gasteiger partial charge on any atom is -0.350 e. The van der Waals surface area contributed by atoms with Gasteiger partial charge in [-0.1, -0.05) is 19.1 Å². The van der Waals surface area contributed by atoms with Crippen molar-refractivity contribution < 1.29 is 4.79 Å². The Balaban J connectivity index is 1.47. The van der Waals surface area contributed by atoms with Crippen molar-refractivity contribution in [2.45, 2.75) is 39.3 Å². The zero-order valence-corrected chi connectivity index (χ0v) is 15.1. The third kappa shape index (κ3) is 4.89. The Morgan fingerprint density at radius 3 is 2.64 bits per heavy atom. The van der Waals surface area contributed by atoms with Crippen molar-refractivity contribution in [1.82, 2.24) is 25.0 Å². The number of rotatable bonds is 6. The highest BCUT2D eigenvalue weighted by Gasteiger charge is 2.20. The van der Waals surface area contributed by atoms with E-state index in [9.17, 15) is 4.79 Å². The smallest absolute Gasteiger partial charge is 0.251 e. The summed E-state index contributed by atoms with van der Waals surface area (Å²) in [6, 6.07) is 8.05. The van der Waals surface area contributed by atoms with E-state index in [4.69, 9.17) is 0 Å². The van der Waals surface area contributed by atoms with E-state index in [2.05, 4.69) is 34.1 Å². The minimum atomic E-state index is -0.00969. The first-order valence-corrected chi connectivity index (χ1v) is 9.05. The maximum atomic E-state index is 12.4. The number of hydrogen-bond donors (Lipinski definition) is 1. The summed E-state index contributed by atoms with van der Waals surface area (Å²) >= 11 is 0. The van der Waals surface area contributed by atoms with E-state index in [1.807, 2.05) is 24.3 Å². The Bertz CT molecular complexity index is 660. The fourth-order valence-electron chi connectivity index (χ4n) is 3.20. The van der Waals surface area contributed by atoms with Gasteiger partial charge in [0, 0.05) is 18.2 Å². The van der Waals surface area contributed by atoms with Crippen molar-refractivity contribution in [3.8, 4) is 0 Å². The lowest BCUT2D eigenvalue weighted by atomic mass is 9.98. The Kier molecular flexibility index (Phi) is 5.81. The highest BCUT2D eigenvalue weighted by atomic mass is 16.1. The van der Waals surface area contributed by atoms with Gasteiger partial charge in [-0.25, -0.2) is 9.67 Å². The summed E-state index contributed by atoms with van der Waals surface area (Å²) in [5, 5.41) is 7.15. The summed E-state index contributed by atoms with van der Waals surface area (Å²) in [7, 11) is 0. The third-order valence-electron chi connectivity index (χ3n) is 5.03. The Labute approximate surface area is 149 Å². The van der Waals surface area contributed by atoms with Gasteiger partial charge in [-0.05, 0) is 56.5 Å². The number of aromatic nitrogens is 3. The van der Waals surface area contributed by atoms with E-state index in [1.165, 1.54) is 19.2 Å². The predicted octanol–water partition coefficient (Wildman–Crippen LogP) is 2.18. The molecule has 1 aromatic carbocycles. The second-order valence-electron chi connectivity index (χ2n) is 7.07. The van der Waals surface area contributed by atoms with Gasteiger partial charge in [-0.2, -0.15) is 5.10 Å². The number of carbonyl (C=O) groups is 1.